The van der Waals surface area contributed by atoms with Crippen LogP contribution in [0.4, 0.5) is 4.79 Å². The molecule has 26 heavy (non-hydrogen) atoms. The zero-order valence-electron chi connectivity index (χ0n) is 14.8. The summed E-state index contributed by atoms with van der Waals surface area (Å²) in [5, 5.41) is 12.8. The van der Waals surface area contributed by atoms with Crippen LogP contribution in [0.5, 0.6) is 5.75 Å². The highest BCUT2D eigenvalue weighted by molar-refractivity contribution is 6.06. The fourth-order valence-corrected chi connectivity index (χ4v) is 2.90. The van der Waals surface area contributed by atoms with E-state index in [0.29, 0.717) is 11.5 Å². The third kappa shape index (κ3) is 3.43. The number of furan rings is 1. The normalized spacial score (nSPS) is 21.0. The highest BCUT2D eigenvalue weighted by atomic mass is 16.5. The van der Waals surface area contributed by atoms with E-state index in [1.807, 2.05) is 25.1 Å². The number of aryl methyl sites for hydroxylation is 1. The van der Waals surface area contributed by atoms with Gasteiger partial charge in [-0.15, -0.1) is 0 Å². The Balaban J connectivity index is 1.61. The summed E-state index contributed by atoms with van der Waals surface area (Å²) in [6.07, 6.45) is 1.32. The average Bonchev–Trinajstić information content (AvgIpc) is 3.25. The lowest BCUT2D eigenvalue weighted by Gasteiger charge is -2.21. The van der Waals surface area contributed by atoms with Gasteiger partial charge in [0.1, 0.15) is 24.2 Å². The number of ether oxygens (including phenoxy) is 1. The molecule has 1 saturated heterocycles. The van der Waals surface area contributed by atoms with Crippen molar-refractivity contribution in [3.63, 3.8) is 0 Å². The lowest BCUT2D eigenvalue weighted by molar-refractivity contribution is -0.132. The molecule has 1 aromatic carbocycles. The van der Waals surface area contributed by atoms with Crippen LogP contribution in [0, 0.1) is 0 Å². The van der Waals surface area contributed by atoms with Gasteiger partial charge in [-0.25, -0.2) is 4.79 Å². The second kappa shape index (κ2) is 7.21. The fraction of sp³-hybridized carbons (Fsp3) is 0.368. The van der Waals surface area contributed by atoms with Crippen LogP contribution >= 0.6 is 0 Å². The van der Waals surface area contributed by atoms with Crippen LogP contribution in [0.1, 0.15) is 25.2 Å². The van der Waals surface area contributed by atoms with Crippen molar-refractivity contribution < 1.29 is 23.8 Å². The summed E-state index contributed by atoms with van der Waals surface area (Å²) in [7, 11) is 0. The second-order valence-corrected chi connectivity index (χ2v) is 6.41. The zero-order chi connectivity index (χ0) is 18.7. The summed E-state index contributed by atoms with van der Waals surface area (Å²) in [6.45, 7) is 3.43. The summed E-state index contributed by atoms with van der Waals surface area (Å²) in [4.78, 5) is 25.8. The van der Waals surface area contributed by atoms with Gasteiger partial charge in [-0.1, -0.05) is 19.1 Å². The Hall–Kier alpha value is -2.80. The van der Waals surface area contributed by atoms with Crippen LogP contribution in [-0.4, -0.2) is 41.2 Å². The lowest BCUT2D eigenvalue weighted by Crippen LogP contribution is -2.42. The molecule has 7 heteroatoms. The Morgan fingerprint density at radius 1 is 1.31 bits per heavy atom. The highest BCUT2D eigenvalue weighted by Gasteiger charge is 2.51. The molecule has 0 radical (unpaired) electrons. The lowest BCUT2D eigenvalue weighted by atomic mass is 9.99. The number of benzene rings is 1. The number of urea groups is 1. The maximum Gasteiger partial charge on any atom is 0.325 e. The minimum absolute atomic E-state index is 0.0261. The van der Waals surface area contributed by atoms with Gasteiger partial charge in [0.2, 0.25) is 0 Å². The number of carbonyl (C=O) groups is 2. The number of amides is 3. The molecule has 2 unspecified atom stereocenters. The molecule has 1 fully saturated rings. The molecule has 1 aliphatic heterocycles. The summed E-state index contributed by atoms with van der Waals surface area (Å²) in [5.41, 5.74) is -0.142. The molecule has 0 spiro atoms. The fourth-order valence-electron chi connectivity index (χ4n) is 2.90. The molecular weight excluding hydrogens is 336 g/mol. The Morgan fingerprint density at radius 3 is 2.81 bits per heavy atom. The predicted molar refractivity (Wildman–Crippen MR) is 93.6 cm³/mol. The minimum atomic E-state index is -1.27. The number of β-amino-alcohol motifs (C(OH)–C–C–N with tert-alkyl or cyclic N) is 1. The Kier molecular flexibility index (Phi) is 4.99. The molecule has 3 amide bonds. The van der Waals surface area contributed by atoms with Crippen molar-refractivity contribution in [1.82, 2.24) is 10.2 Å². The molecule has 7 nitrogen and oxygen atoms in total. The summed E-state index contributed by atoms with van der Waals surface area (Å²) in [6, 6.07) is 10.3. The molecule has 3 rings (SSSR count). The maximum absolute atomic E-state index is 12.7. The molecule has 2 atom stereocenters. The first-order chi connectivity index (χ1) is 12.4. The van der Waals surface area contributed by atoms with Gasteiger partial charge in [0.15, 0.2) is 5.54 Å². The monoisotopic (exact) mass is 358 g/mol. The van der Waals surface area contributed by atoms with Crippen LogP contribution in [0.25, 0.3) is 0 Å². The quantitative estimate of drug-likeness (QED) is 0.739. The van der Waals surface area contributed by atoms with Crippen LogP contribution in [0.15, 0.2) is 47.1 Å². The van der Waals surface area contributed by atoms with E-state index in [1.165, 1.54) is 6.26 Å². The third-order valence-electron chi connectivity index (χ3n) is 4.43. The number of aliphatic hydroxyl groups excluding tert-OH is 1. The zero-order valence-corrected chi connectivity index (χ0v) is 14.8. The average molecular weight is 358 g/mol. The first-order valence-electron chi connectivity index (χ1n) is 8.52. The standard InChI is InChI=1S/C19H22N2O5/c1-3-13-6-4-7-15(10-13)26-12-14(22)11-21-17(23)19(2,20-18(21)24)16-8-5-9-25-16/h4-10,14,22H,3,11-12H2,1-2H3,(H,20,24). The van der Waals surface area contributed by atoms with Gasteiger partial charge in [0.25, 0.3) is 5.91 Å². The van der Waals surface area contributed by atoms with E-state index in [-0.39, 0.29) is 13.2 Å². The van der Waals surface area contributed by atoms with Crippen molar-refractivity contribution in [3.8, 4) is 5.75 Å². The maximum atomic E-state index is 12.7. The Bertz CT molecular complexity index is 789. The topological polar surface area (TPSA) is 92.0 Å². The van der Waals surface area contributed by atoms with E-state index in [9.17, 15) is 14.7 Å². The number of nitrogens with zero attached hydrogens (tertiary/aromatic N) is 1. The molecule has 2 aromatic rings. The van der Waals surface area contributed by atoms with Gasteiger partial charge in [0, 0.05) is 0 Å². The van der Waals surface area contributed by atoms with Crippen molar-refractivity contribution in [2.45, 2.75) is 31.9 Å². The smallest absolute Gasteiger partial charge is 0.325 e. The number of carbonyl (C=O) groups excluding carboxylic acids is 2. The predicted octanol–water partition coefficient (Wildman–Crippen LogP) is 2.05. The van der Waals surface area contributed by atoms with Crippen LogP contribution in [0.3, 0.4) is 0 Å². The molecule has 2 N–H and O–H groups in total. The Morgan fingerprint density at radius 2 is 2.12 bits per heavy atom. The molecule has 1 aromatic heterocycles. The molecule has 138 valence electrons. The summed E-state index contributed by atoms with van der Waals surface area (Å²) < 4.78 is 10.8. The van der Waals surface area contributed by atoms with E-state index in [2.05, 4.69) is 5.32 Å². The highest BCUT2D eigenvalue weighted by Crippen LogP contribution is 2.29. The molecule has 0 bridgehead atoms. The van der Waals surface area contributed by atoms with Crippen LogP contribution < -0.4 is 10.1 Å². The van der Waals surface area contributed by atoms with Gasteiger partial charge in [-0.2, -0.15) is 0 Å². The number of hydrogen-bond acceptors (Lipinski definition) is 5. The SMILES string of the molecule is CCc1cccc(OCC(O)CN2C(=O)NC(C)(c3ccco3)C2=O)c1. The summed E-state index contributed by atoms with van der Waals surface area (Å²) >= 11 is 0. The third-order valence-corrected chi connectivity index (χ3v) is 4.43. The van der Waals surface area contributed by atoms with Gasteiger partial charge in [0.05, 0.1) is 12.8 Å². The number of aliphatic hydroxyl groups is 1. The van der Waals surface area contributed by atoms with E-state index < -0.39 is 23.6 Å². The van der Waals surface area contributed by atoms with E-state index >= 15 is 0 Å². The van der Waals surface area contributed by atoms with Crippen molar-refractivity contribution in [2.24, 2.45) is 0 Å². The van der Waals surface area contributed by atoms with Crippen molar-refractivity contribution in [2.75, 3.05) is 13.2 Å². The molecule has 2 heterocycles. The van der Waals surface area contributed by atoms with Gasteiger partial charge in [-0.05, 0) is 43.2 Å². The first-order valence-corrected chi connectivity index (χ1v) is 8.52. The van der Waals surface area contributed by atoms with E-state index in [4.69, 9.17) is 9.15 Å². The van der Waals surface area contributed by atoms with E-state index in [0.717, 1.165) is 16.9 Å². The van der Waals surface area contributed by atoms with Crippen molar-refractivity contribution >= 4 is 11.9 Å². The molecule has 0 saturated carbocycles. The second-order valence-electron chi connectivity index (χ2n) is 6.41. The molecule has 0 aliphatic carbocycles. The van der Waals surface area contributed by atoms with Gasteiger partial charge in [-0.3, -0.25) is 9.69 Å². The van der Waals surface area contributed by atoms with E-state index in [1.54, 1.807) is 25.1 Å². The van der Waals surface area contributed by atoms with Gasteiger partial charge >= 0.3 is 6.03 Å². The Labute approximate surface area is 151 Å². The van der Waals surface area contributed by atoms with Crippen molar-refractivity contribution in [3.05, 3.63) is 54.0 Å². The van der Waals surface area contributed by atoms with Crippen LogP contribution in [-0.2, 0) is 16.8 Å². The van der Waals surface area contributed by atoms with Gasteiger partial charge < -0.3 is 19.6 Å². The first kappa shape index (κ1) is 18.0. The number of nitrogens with one attached hydrogen (secondary N) is 1. The van der Waals surface area contributed by atoms with Crippen molar-refractivity contribution in [1.29, 1.82) is 0 Å². The molecular formula is C19H22N2O5. The largest absolute Gasteiger partial charge is 0.491 e. The minimum Gasteiger partial charge on any atom is -0.491 e. The van der Waals surface area contributed by atoms with Crippen LogP contribution in [0.2, 0.25) is 0 Å². The molecule has 1 aliphatic rings. The summed E-state index contributed by atoms with van der Waals surface area (Å²) in [5.74, 6) is 0.519. The number of hydrogen-bond donors (Lipinski definition) is 2. The number of rotatable bonds is 7. The number of imide groups is 1.